The van der Waals surface area contributed by atoms with E-state index in [1.807, 2.05) is 0 Å². The lowest BCUT2D eigenvalue weighted by molar-refractivity contribution is 0.296. The molecule has 0 bridgehead atoms. The average molecular weight is 143 g/mol. The first kappa shape index (κ1) is 7.98. The Morgan fingerprint density at radius 1 is 1.30 bits per heavy atom. The predicted molar refractivity (Wildman–Crippen MR) is 42.7 cm³/mol. The van der Waals surface area contributed by atoms with Gasteiger partial charge in [0.2, 0.25) is 0 Å². The normalized spacial score (nSPS) is 21.9. The highest BCUT2D eigenvalue weighted by molar-refractivity contribution is 4.69. The van der Waals surface area contributed by atoms with E-state index in [9.17, 15) is 0 Å². The Kier molecular flexibility index (Phi) is 3.12. The zero-order valence-electron chi connectivity index (χ0n) is 6.78. The molecule has 1 rings (SSSR count). The van der Waals surface area contributed by atoms with Crippen molar-refractivity contribution in [3.8, 4) is 0 Å². The van der Waals surface area contributed by atoms with Gasteiger partial charge in [0.05, 0.1) is 0 Å². The predicted octanol–water partition coefficient (Wildman–Crippen LogP) is -0.149. The maximum atomic E-state index is 3.36. The molecule has 0 saturated carbocycles. The third-order valence-corrected chi connectivity index (χ3v) is 1.55. The second kappa shape index (κ2) is 3.91. The maximum Gasteiger partial charge on any atom is 0.112 e. The molecule has 0 aromatic heterocycles. The van der Waals surface area contributed by atoms with Gasteiger partial charge in [0.1, 0.15) is 6.29 Å². The van der Waals surface area contributed by atoms with Crippen molar-refractivity contribution in [2.75, 3.05) is 13.1 Å². The Balaban J connectivity index is 2.13. The smallest absolute Gasteiger partial charge is 0.112 e. The fraction of sp³-hybridized carbons (Fsp3) is 1.00. The van der Waals surface area contributed by atoms with Crippen LogP contribution in [-0.4, -0.2) is 25.4 Å². The molecule has 0 radical (unpaired) electrons. The topological polar surface area (TPSA) is 36.1 Å². The number of hydrogen-bond donors (Lipinski definition) is 3. The average Bonchev–Trinajstić information content (AvgIpc) is 1.88. The summed E-state index contributed by atoms with van der Waals surface area (Å²) in [5.41, 5.74) is 0. The van der Waals surface area contributed by atoms with Crippen molar-refractivity contribution in [1.82, 2.24) is 16.0 Å². The monoisotopic (exact) mass is 143 g/mol. The van der Waals surface area contributed by atoms with Crippen LogP contribution in [0.3, 0.4) is 0 Å². The van der Waals surface area contributed by atoms with Crippen molar-refractivity contribution in [3.05, 3.63) is 0 Å². The van der Waals surface area contributed by atoms with Crippen molar-refractivity contribution in [3.63, 3.8) is 0 Å². The van der Waals surface area contributed by atoms with E-state index < -0.39 is 0 Å². The minimum absolute atomic E-state index is 0.328. The first-order valence-electron chi connectivity index (χ1n) is 4.02. The molecule has 60 valence electrons. The molecule has 0 aromatic carbocycles. The molecule has 1 aliphatic heterocycles. The Morgan fingerprint density at radius 2 is 1.90 bits per heavy atom. The summed E-state index contributed by atoms with van der Waals surface area (Å²) in [6, 6.07) is 0.545. The van der Waals surface area contributed by atoms with Crippen LogP contribution in [0.25, 0.3) is 0 Å². The largest absolute Gasteiger partial charge is 0.290 e. The van der Waals surface area contributed by atoms with E-state index in [0.29, 0.717) is 12.3 Å². The summed E-state index contributed by atoms with van der Waals surface area (Å²) in [5.74, 6) is 0. The molecular formula is C7H17N3. The molecule has 0 aliphatic carbocycles. The molecule has 1 fully saturated rings. The van der Waals surface area contributed by atoms with Crippen LogP contribution in [0, 0.1) is 0 Å². The lowest BCUT2D eigenvalue weighted by Crippen LogP contribution is -2.58. The van der Waals surface area contributed by atoms with Gasteiger partial charge in [-0.2, -0.15) is 0 Å². The molecule has 0 atom stereocenters. The van der Waals surface area contributed by atoms with Gasteiger partial charge >= 0.3 is 0 Å². The van der Waals surface area contributed by atoms with Gasteiger partial charge in [-0.05, 0) is 33.4 Å². The van der Waals surface area contributed by atoms with Gasteiger partial charge in [0.25, 0.3) is 0 Å². The summed E-state index contributed by atoms with van der Waals surface area (Å²) >= 11 is 0. The fourth-order valence-electron chi connectivity index (χ4n) is 1.10. The van der Waals surface area contributed by atoms with Crippen molar-refractivity contribution < 1.29 is 0 Å². The highest BCUT2D eigenvalue weighted by atomic mass is 15.3. The molecule has 1 heterocycles. The van der Waals surface area contributed by atoms with E-state index in [-0.39, 0.29) is 0 Å². The van der Waals surface area contributed by atoms with E-state index in [1.165, 1.54) is 6.42 Å². The SMILES string of the molecule is CC(C)NC1NCCCN1. The van der Waals surface area contributed by atoms with Crippen molar-refractivity contribution >= 4 is 0 Å². The molecule has 1 aliphatic rings. The summed E-state index contributed by atoms with van der Waals surface area (Å²) in [4.78, 5) is 0. The molecule has 3 nitrogen and oxygen atoms in total. The highest BCUT2D eigenvalue weighted by Crippen LogP contribution is 1.87. The zero-order chi connectivity index (χ0) is 7.40. The first-order chi connectivity index (χ1) is 4.79. The van der Waals surface area contributed by atoms with E-state index >= 15 is 0 Å². The fourth-order valence-corrected chi connectivity index (χ4v) is 1.10. The van der Waals surface area contributed by atoms with Crippen LogP contribution in [0.15, 0.2) is 0 Å². The number of rotatable bonds is 2. The van der Waals surface area contributed by atoms with Crippen molar-refractivity contribution in [2.24, 2.45) is 0 Å². The van der Waals surface area contributed by atoms with E-state index in [4.69, 9.17) is 0 Å². The van der Waals surface area contributed by atoms with Gasteiger partial charge in [-0.25, -0.2) is 0 Å². The van der Waals surface area contributed by atoms with E-state index in [0.717, 1.165) is 13.1 Å². The third-order valence-electron chi connectivity index (χ3n) is 1.55. The lowest BCUT2D eigenvalue weighted by Gasteiger charge is -2.27. The van der Waals surface area contributed by atoms with Crippen LogP contribution in [0.1, 0.15) is 20.3 Å². The van der Waals surface area contributed by atoms with E-state index in [2.05, 4.69) is 29.8 Å². The summed E-state index contributed by atoms with van der Waals surface area (Å²) < 4.78 is 0. The Morgan fingerprint density at radius 3 is 2.40 bits per heavy atom. The van der Waals surface area contributed by atoms with Gasteiger partial charge in [0, 0.05) is 6.04 Å². The lowest BCUT2D eigenvalue weighted by atomic mass is 10.3. The summed E-state index contributed by atoms with van der Waals surface area (Å²) in [6.07, 6.45) is 1.56. The summed E-state index contributed by atoms with van der Waals surface area (Å²) in [6.45, 7) is 6.55. The minimum atomic E-state index is 0.328. The number of hydrogen-bond acceptors (Lipinski definition) is 3. The Hall–Kier alpha value is -0.120. The molecular weight excluding hydrogens is 126 g/mol. The van der Waals surface area contributed by atoms with Crippen LogP contribution in [0.2, 0.25) is 0 Å². The molecule has 3 N–H and O–H groups in total. The Labute approximate surface area is 62.6 Å². The molecule has 0 unspecified atom stereocenters. The van der Waals surface area contributed by atoms with Crippen LogP contribution < -0.4 is 16.0 Å². The maximum absolute atomic E-state index is 3.36. The van der Waals surface area contributed by atoms with Crippen LogP contribution in [-0.2, 0) is 0 Å². The molecule has 1 saturated heterocycles. The third kappa shape index (κ3) is 2.64. The molecule has 10 heavy (non-hydrogen) atoms. The second-order valence-electron chi connectivity index (χ2n) is 3.02. The van der Waals surface area contributed by atoms with Gasteiger partial charge < -0.3 is 0 Å². The molecule has 0 amide bonds. The van der Waals surface area contributed by atoms with Crippen LogP contribution >= 0.6 is 0 Å². The summed E-state index contributed by atoms with van der Waals surface area (Å²) in [7, 11) is 0. The van der Waals surface area contributed by atoms with Crippen LogP contribution in [0.4, 0.5) is 0 Å². The van der Waals surface area contributed by atoms with Gasteiger partial charge in [-0.15, -0.1) is 0 Å². The van der Waals surface area contributed by atoms with Crippen molar-refractivity contribution in [1.29, 1.82) is 0 Å². The van der Waals surface area contributed by atoms with Gasteiger partial charge in [-0.3, -0.25) is 16.0 Å². The van der Waals surface area contributed by atoms with Crippen molar-refractivity contribution in [2.45, 2.75) is 32.6 Å². The first-order valence-corrected chi connectivity index (χ1v) is 4.02. The van der Waals surface area contributed by atoms with Gasteiger partial charge in [0.15, 0.2) is 0 Å². The zero-order valence-corrected chi connectivity index (χ0v) is 6.78. The van der Waals surface area contributed by atoms with Gasteiger partial charge in [-0.1, -0.05) is 0 Å². The Bertz CT molecular complexity index is 86.9. The molecule has 0 aromatic rings. The second-order valence-corrected chi connectivity index (χ2v) is 3.02. The van der Waals surface area contributed by atoms with Crippen LogP contribution in [0.5, 0.6) is 0 Å². The standard InChI is InChI=1S/C7H17N3/c1-6(2)10-7-8-4-3-5-9-7/h6-10H,3-5H2,1-2H3. The molecule has 3 heteroatoms. The highest BCUT2D eigenvalue weighted by Gasteiger charge is 2.10. The summed E-state index contributed by atoms with van der Waals surface area (Å²) in [5, 5.41) is 10.0. The molecule has 0 spiro atoms. The quantitative estimate of drug-likeness (QED) is 0.503. The minimum Gasteiger partial charge on any atom is -0.290 e. The number of nitrogens with one attached hydrogen (secondary N) is 3. The van der Waals surface area contributed by atoms with E-state index in [1.54, 1.807) is 0 Å².